The quantitative estimate of drug-likeness (QED) is 0.0498. The summed E-state index contributed by atoms with van der Waals surface area (Å²) in [6, 6.07) is 163. The minimum Gasteiger partial charge on any atom is -0.512 e. The second-order valence-electron chi connectivity index (χ2n) is 29.1. The van der Waals surface area contributed by atoms with Crippen LogP contribution in [0, 0.1) is 109 Å². The summed E-state index contributed by atoms with van der Waals surface area (Å²) in [6.45, 7) is 42.1. The first-order chi connectivity index (χ1) is 66.5. The van der Waals surface area contributed by atoms with Crippen LogP contribution in [-0.2, 0) is 84.3 Å². The first-order valence-corrected chi connectivity index (χ1v) is 47.9. The number of rotatable bonds is 16. The summed E-state index contributed by atoms with van der Waals surface area (Å²) in [5.74, 6) is 0. The third-order valence-electron chi connectivity index (χ3n) is 21.5. The number of pyridine rings is 4. The average molecular weight is 2580 g/mol. The predicted octanol–water partition coefficient (Wildman–Crippen LogP) is 22.9. The second-order valence-corrected chi connectivity index (χ2v) is 38.9. The first kappa shape index (κ1) is 114. The molecule has 0 N–H and O–H groups in total. The summed E-state index contributed by atoms with van der Waals surface area (Å²) < 4.78 is 0. The molecule has 20 aromatic rings. The van der Waals surface area contributed by atoms with Gasteiger partial charge in [0, 0.05) is 46.7 Å². The summed E-state index contributed by atoms with van der Waals surface area (Å²) in [6.07, 6.45) is 7.38. The molecule has 0 unspecified atom stereocenters. The van der Waals surface area contributed by atoms with E-state index in [4.69, 9.17) is 94.7 Å². The van der Waals surface area contributed by atoms with E-state index >= 15 is 0 Å². The van der Waals surface area contributed by atoms with Crippen molar-refractivity contribution in [3.63, 3.8) is 0 Å². The Morgan fingerprint density at radius 2 is 0.399 bits per heavy atom. The molecule has 0 saturated heterocycles. The van der Waals surface area contributed by atoms with Gasteiger partial charge >= 0.3 is 84.3 Å². The maximum Gasteiger partial charge on any atom is 2.00 e. The Morgan fingerprint density at radius 3 is 0.645 bits per heavy atom. The van der Waals surface area contributed by atoms with E-state index in [1.165, 1.54) is 130 Å². The van der Waals surface area contributed by atoms with E-state index in [9.17, 15) is 0 Å². The van der Waals surface area contributed by atoms with Gasteiger partial charge in [0.15, 0.2) is 0 Å². The number of fused-ring (bicyclic) bond motifs is 5. The van der Waals surface area contributed by atoms with Crippen molar-refractivity contribution in [2.24, 2.45) is 0 Å². The number of hydrogen-bond acceptors (Lipinski definition) is 12. The molecule has 4 aromatic heterocycles. The maximum atomic E-state index is 6.25. The minimum atomic E-state index is -1.37. The minimum absolute atomic E-state index is 0. The molecular weight excluding hydrogens is 2490 g/mol. The van der Waals surface area contributed by atoms with Crippen LogP contribution in [0.4, 0.5) is 0 Å². The third kappa shape index (κ3) is 29.3. The van der Waals surface area contributed by atoms with E-state index in [-0.39, 0.29) is 84.3 Å². The molecule has 138 heavy (non-hydrogen) atoms. The average Bonchev–Trinajstić information content (AvgIpc) is 0.730. The normalized spacial score (nSPS) is 9.61. The smallest absolute Gasteiger partial charge is 0.512 e. The molecule has 0 radical (unpaired) electrons. The van der Waals surface area contributed by atoms with Crippen LogP contribution in [0.25, 0.3) is 88.1 Å². The summed E-state index contributed by atoms with van der Waals surface area (Å²) in [7, 11) is -5.02. The van der Waals surface area contributed by atoms with Crippen molar-refractivity contribution in [3.05, 3.63) is 537 Å². The van der Waals surface area contributed by atoms with Crippen LogP contribution in [-0.4, -0.2) is 19.9 Å². The van der Waals surface area contributed by atoms with Gasteiger partial charge in [-0.05, 0) is 226 Å². The molecule has 16 aromatic carbocycles. The van der Waals surface area contributed by atoms with Gasteiger partial charge in [0.25, 0.3) is 0 Å². The van der Waals surface area contributed by atoms with E-state index < -0.39 is 31.7 Å². The van der Waals surface area contributed by atoms with Crippen LogP contribution in [0.1, 0.15) is 11.1 Å². The Labute approximate surface area is 872 Å². The molecule has 0 atom stereocenters. The number of hydrogen-bond donors (Lipinski definition) is 0. The molecule has 0 fully saturated rings. The van der Waals surface area contributed by atoms with E-state index in [0.29, 0.717) is 0 Å². The molecule has 20 rings (SSSR count). The van der Waals surface area contributed by atoms with Gasteiger partial charge in [0.2, 0.25) is 0 Å². The molecule has 0 saturated carbocycles. The van der Waals surface area contributed by atoms with Gasteiger partial charge in [-0.15, -0.1) is 0 Å². The fourth-order valence-electron chi connectivity index (χ4n) is 16.1. The van der Waals surface area contributed by atoms with Gasteiger partial charge in [-0.2, -0.15) is 0 Å². The molecule has 0 aliphatic carbocycles. The van der Waals surface area contributed by atoms with Crippen LogP contribution in [0.15, 0.2) is 474 Å². The molecule has 0 amide bonds. The molecule has 676 valence electrons. The van der Waals surface area contributed by atoms with Crippen molar-refractivity contribution >= 4 is 139 Å². The van der Waals surface area contributed by atoms with Crippen molar-refractivity contribution in [1.29, 1.82) is 42.1 Å². The van der Waals surface area contributed by atoms with Gasteiger partial charge in [-0.1, -0.05) is 291 Å². The zero-order valence-electron chi connectivity index (χ0n) is 74.7. The van der Waals surface area contributed by atoms with Crippen molar-refractivity contribution in [2.75, 3.05) is 0 Å². The van der Waals surface area contributed by atoms with E-state index in [1.807, 2.05) is 61.2 Å². The van der Waals surface area contributed by atoms with Crippen LogP contribution < -0.4 is 63.7 Å². The Balaban J connectivity index is 0.000000323. The standard InChI is InChI=1S/C44H32P2.C30H24P2.C24H16N2.C12H12N2.8CN.4Pt/c1-5-19-35(20-6-1)45(36-21-7-2-8-22-36)41-31-29-33-17-13-15-27-39(33)43(41)44-40-28-16-14-18-34(40)30-32-42(44)46(37-23-9-3-10-24-37)38-25-11-4-12-26-38;1-5-15-25(16-6-1)31(26-17-7-2-8-18-26)29-23-13-14-24-30(29)32(27-19-9-3-10-20-27)28-21-11-4-12-22-28;1-3-7-17(8-4-1)19-13-15-25-23-21(19)11-12-22-20(14-16-26-24(22)23)18-9-5-2-6-10-18;1-9-3-5-13-11(7-9)12-8-10(2)4-6-14-12;8*1-2;;;;/h1-32H;1-24H;1-16H;3-8H,1-2H3;;;;;;;;;;;;/q;;;;8*-1;4*+2/p+4. The Kier molecular flexibility index (Phi) is 52.1. The number of aromatic nitrogens is 4. The Bertz CT molecular complexity index is 6570. The zero-order valence-corrected chi connectivity index (χ0v) is 87.8. The molecule has 4 heterocycles. The zero-order chi connectivity index (χ0) is 95.6. The topological polar surface area (TPSA) is 242 Å². The summed E-state index contributed by atoms with van der Waals surface area (Å²) in [5.41, 5.74) is 13.7. The third-order valence-corrected chi connectivity index (χ3v) is 32.9. The largest absolute Gasteiger partial charge is 2.00 e. The van der Waals surface area contributed by atoms with Crippen molar-refractivity contribution in [3.8, 4) is 44.8 Å². The van der Waals surface area contributed by atoms with Crippen molar-refractivity contribution in [2.45, 2.75) is 13.8 Å². The molecule has 0 aliphatic heterocycles. The predicted molar refractivity (Wildman–Crippen MR) is 558 cm³/mol. The molecular formula is C118H88N12P4Pt4+4. The van der Waals surface area contributed by atoms with E-state index in [1.54, 1.807) is 0 Å². The first-order valence-electron chi connectivity index (χ1n) is 41.9. The monoisotopic (exact) mass is 2580 g/mol. The Hall–Kier alpha value is -14.4. The van der Waals surface area contributed by atoms with Crippen molar-refractivity contribution < 1.29 is 84.3 Å². The molecule has 20 heteroatoms. The van der Waals surface area contributed by atoms with Crippen LogP contribution in [0.5, 0.6) is 0 Å². The Morgan fingerprint density at radius 1 is 0.188 bits per heavy atom. The van der Waals surface area contributed by atoms with Crippen LogP contribution in [0.2, 0.25) is 0 Å². The maximum absolute atomic E-state index is 6.25. The van der Waals surface area contributed by atoms with E-state index in [2.05, 4.69) is 446 Å². The summed E-state index contributed by atoms with van der Waals surface area (Å²) >= 11 is 0. The number of benzene rings is 16. The molecule has 12 nitrogen and oxygen atoms in total. The van der Waals surface area contributed by atoms with Gasteiger partial charge in [0.05, 0.1) is 38.3 Å². The van der Waals surface area contributed by atoms with Crippen LogP contribution >= 0.6 is 31.7 Å². The summed E-state index contributed by atoms with van der Waals surface area (Å²) in [4.78, 5) is 17.9. The van der Waals surface area contributed by atoms with Gasteiger partial charge < -0.3 is 94.7 Å². The SMILES string of the molecule is Cc1ccnc(-c2cc(C)ccn2)c1.[C-]#N.[C-]#N.[C-]#N.[C-]#N.[C-]#N.[C-]#N.[C-]#N.[C-]#N.[Pt+2].[Pt+2].[Pt+2].[Pt+2].c1ccc(-c2ccnc3c2ccc2c(-c4ccccc4)ccnc23)cc1.c1ccc([PH+](c2ccccc2)c2ccc3ccccc3c2-c2c([PH+](c3ccccc3)c3ccccc3)ccc3ccccc23)cc1.c1ccc([PH+](c2ccccc2)c2ccccc2[PH+](c2ccccc2)c2ccccc2)cc1. The van der Waals surface area contributed by atoms with Gasteiger partial charge in [-0.25, -0.2) is 0 Å². The van der Waals surface area contributed by atoms with Gasteiger partial charge in [0.1, 0.15) is 79.5 Å². The molecule has 0 aliphatic rings. The van der Waals surface area contributed by atoms with Crippen molar-refractivity contribution in [1.82, 2.24) is 19.9 Å². The number of nitrogens with zero attached hydrogens (tertiary/aromatic N) is 12. The van der Waals surface area contributed by atoms with Gasteiger partial charge in [-0.3, -0.25) is 19.9 Å². The fourth-order valence-corrected chi connectivity index (χ4v) is 27.6. The second kappa shape index (κ2) is 63.0. The molecule has 0 bridgehead atoms. The summed E-state index contributed by atoms with van der Waals surface area (Å²) in [5, 5.41) is 74.6. The molecule has 0 spiro atoms. The van der Waals surface area contributed by atoms with E-state index in [0.717, 1.165) is 33.2 Å². The fraction of sp³-hybridized carbons (Fsp3) is 0.0169. The number of aryl methyl sites for hydroxylation is 2. The van der Waals surface area contributed by atoms with Crippen LogP contribution in [0.3, 0.4) is 0 Å².